The molecule has 1 heterocycles. The molecule has 2 rings (SSSR count). The number of halogens is 1. The van der Waals surface area contributed by atoms with Crippen molar-refractivity contribution in [3.8, 4) is 0 Å². The van der Waals surface area contributed by atoms with Crippen LogP contribution in [0.1, 0.15) is 5.56 Å². The molecule has 1 fully saturated rings. The number of hydrogen-bond acceptors (Lipinski definition) is 6. The zero-order valence-electron chi connectivity index (χ0n) is 10.6. The zero-order chi connectivity index (χ0) is 14.8. The normalized spacial score (nSPS) is 35.8. The summed E-state index contributed by atoms with van der Waals surface area (Å²) in [4.78, 5) is 0. The standard InChI is InChI=1S/C13H17ClO6/c14-13(8-4-2-1-3-5-8)19-10(7-16)11(18)12(20-13)9(17)6-15/h1-5,9-12,15-18H,6-7H2/t9-,10+,11+,12+,13?/m1/s1. The number of aliphatic hydroxyl groups is 4. The van der Waals surface area contributed by atoms with E-state index in [1.807, 2.05) is 0 Å². The van der Waals surface area contributed by atoms with Crippen molar-refractivity contribution in [2.45, 2.75) is 29.7 Å². The van der Waals surface area contributed by atoms with Gasteiger partial charge in [0.05, 0.1) is 13.2 Å². The highest BCUT2D eigenvalue weighted by molar-refractivity contribution is 6.22. The summed E-state index contributed by atoms with van der Waals surface area (Å²) in [7, 11) is 0. The molecule has 0 bridgehead atoms. The number of benzene rings is 1. The van der Waals surface area contributed by atoms with Gasteiger partial charge in [-0.1, -0.05) is 41.9 Å². The number of aliphatic hydroxyl groups excluding tert-OH is 4. The van der Waals surface area contributed by atoms with Gasteiger partial charge in [-0.15, -0.1) is 0 Å². The third-order valence-electron chi connectivity index (χ3n) is 3.17. The summed E-state index contributed by atoms with van der Waals surface area (Å²) in [5.74, 6) is 0. The van der Waals surface area contributed by atoms with E-state index in [2.05, 4.69) is 0 Å². The smallest absolute Gasteiger partial charge is 0.277 e. The molecule has 1 aromatic rings. The fraction of sp³-hybridized carbons (Fsp3) is 0.538. The summed E-state index contributed by atoms with van der Waals surface area (Å²) in [6.45, 7) is -1.11. The Morgan fingerprint density at radius 1 is 1.20 bits per heavy atom. The molecule has 0 aromatic heterocycles. The maximum absolute atomic E-state index is 9.97. The van der Waals surface area contributed by atoms with Gasteiger partial charge in [-0.2, -0.15) is 0 Å². The van der Waals surface area contributed by atoms with Gasteiger partial charge in [-0.05, 0) is 0 Å². The van der Waals surface area contributed by atoms with Gasteiger partial charge in [0.15, 0.2) is 0 Å². The molecule has 0 radical (unpaired) electrons. The van der Waals surface area contributed by atoms with Gasteiger partial charge in [0.2, 0.25) is 0 Å². The topological polar surface area (TPSA) is 99.4 Å². The SMILES string of the molecule is OC[C@@H](O)[C@@H]1OC(Cl)(c2ccccc2)O[C@@H](CO)[C@@H]1O. The van der Waals surface area contributed by atoms with Crippen LogP contribution in [-0.4, -0.2) is 58.1 Å². The maximum atomic E-state index is 9.97. The molecular formula is C13H17ClO6. The molecule has 1 aliphatic heterocycles. The lowest BCUT2D eigenvalue weighted by molar-refractivity contribution is -0.334. The third kappa shape index (κ3) is 2.96. The molecular weight excluding hydrogens is 288 g/mol. The van der Waals surface area contributed by atoms with Crippen LogP contribution in [0.25, 0.3) is 0 Å². The predicted octanol–water partition coefficient (Wildman–Crippen LogP) is -0.474. The molecule has 1 aliphatic rings. The molecule has 6 nitrogen and oxygen atoms in total. The summed E-state index contributed by atoms with van der Waals surface area (Å²) in [5, 5.41) is 36.2. The van der Waals surface area contributed by atoms with Crippen LogP contribution in [0.5, 0.6) is 0 Å². The first kappa shape index (κ1) is 15.7. The van der Waals surface area contributed by atoms with E-state index in [9.17, 15) is 15.3 Å². The highest BCUT2D eigenvalue weighted by atomic mass is 35.5. The lowest BCUT2D eigenvalue weighted by Gasteiger charge is -2.44. The van der Waals surface area contributed by atoms with Gasteiger partial charge >= 0.3 is 0 Å². The first-order chi connectivity index (χ1) is 9.51. The van der Waals surface area contributed by atoms with Crippen molar-refractivity contribution in [3.63, 3.8) is 0 Å². The second-order valence-electron chi connectivity index (χ2n) is 4.56. The van der Waals surface area contributed by atoms with Gasteiger partial charge in [0.25, 0.3) is 5.25 Å². The quantitative estimate of drug-likeness (QED) is 0.561. The molecule has 1 unspecified atom stereocenters. The van der Waals surface area contributed by atoms with Crippen LogP contribution in [0, 0.1) is 0 Å². The number of alkyl halides is 1. The molecule has 0 amide bonds. The van der Waals surface area contributed by atoms with E-state index in [1.165, 1.54) is 0 Å². The summed E-state index contributed by atoms with van der Waals surface area (Å²) in [6.07, 6.45) is -4.86. The Labute approximate surface area is 121 Å². The second kappa shape index (κ2) is 6.36. The molecule has 20 heavy (non-hydrogen) atoms. The highest BCUT2D eigenvalue weighted by Gasteiger charge is 2.49. The molecule has 0 spiro atoms. The van der Waals surface area contributed by atoms with Crippen molar-refractivity contribution in [1.82, 2.24) is 0 Å². The van der Waals surface area contributed by atoms with E-state index in [1.54, 1.807) is 30.3 Å². The Morgan fingerprint density at radius 2 is 1.85 bits per heavy atom. The molecule has 112 valence electrons. The first-order valence-corrected chi connectivity index (χ1v) is 6.57. The van der Waals surface area contributed by atoms with Crippen molar-refractivity contribution in [2.75, 3.05) is 13.2 Å². The Balaban J connectivity index is 2.31. The van der Waals surface area contributed by atoms with Crippen LogP contribution < -0.4 is 0 Å². The van der Waals surface area contributed by atoms with E-state index in [0.29, 0.717) is 5.56 Å². The average molecular weight is 305 g/mol. The van der Waals surface area contributed by atoms with Crippen LogP contribution in [0.4, 0.5) is 0 Å². The fourth-order valence-electron chi connectivity index (χ4n) is 2.08. The third-order valence-corrected chi connectivity index (χ3v) is 3.57. The van der Waals surface area contributed by atoms with Crippen LogP contribution in [0.2, 0.25) is 0 Å². The minimum atomic E-state index is -1.74. The molecule has 0 saturated carbocycles. The summed E-state index contributed by atoms with van der Waals surface area (Å²) in [6, 6.07) is 8.54. The Bertz CT molecular complexity index is 430. The molecule has 0 aliphatic carbocycles. The van der Waals surface area contributed by atoms with E-state index in [0.717, 1.165) is 0 Å². The predicted molar refractivity (Wildman–Crippen MR) is 69.9 cm³/mol. The van der Waals surface area contributed by atoms with E-state index < -0.39 is 42.9 Å². The largest absolute Gasteiger partial charge is 0.394 e. The van der Waals surface area contributed by atoms with E-state index in [4.69, 9.17) is 26.2 Å². The maximum Gasteiger partial charge on any atom is 0.277 e. The lowest BCUT2D eigenvalue weighted by atomic mass is 10.0. The monoisotopic (exact) mass is 304 g/mol. The van der Waals surface area contributed by atoms with E-state index in [-0.39, 0.29) is 0 Å². The Morgan fingerprint density at radius 3 is 2.40 bits per heavy atom. The van der Waals surface area contributed by atoms with Gasteiger partial charge in [-0.3, -0.25) is 0 Å². The Kier molecular flexibility index (Phi) is 4.98. The van der Waals surface area contributed by atoms with Crippen LogP contribution in [-0.2, 0) is 14.7 Å². The van der Waals surface area contributed by atoms with Crippen molar-refractivity contribution in [3.05, 3.63) is 35.9 Å². The van der Waals surface area contributed by atoms with Crippen molar-refractivity contribution in [2.24, 2.45) is 0 Å². The number of hydrogen-bond donors (Lipinski definition) is 4. The van der Waals surface area contributed by atoms with Gasteiger partial charge in [-0.25, -0.2) is 0 Å². The minimum Gasteiger partial charge on any atom is -0.394 e. The Hall–Kier alpha value is -0.730. The van der Waals surface area contributed by atoms with Gasteiger partial charge in [0.1, 0.15) is 24.4 Å². The fourth-order valence-corrected chi connectivity index (χ4v) is 2.42. The first-order valence-electron chi connectivity index (χ1n) is 6.19. The van der Waals surface area contributed by atoms with Crippen molar-refractivity contribution < 1.29 is 29.9 Å². The lowest BCUT2D eigenvalue weighted by Crippen LogP contribution is -2.58. The molecule has 4 N–H and O–H groups in total. The molecule has 7 heteroatoms. The highest BCUT2D eigenvalue weighted by Crippen LogP contribution is 2.40. The van der Waals surface area contributed by atoms with E-state index >= 15 is 0 Å². The summed E-state index contributed by atoms with van der Waals surface area (Å²) >= 11 is 6.28. The van der Waals surface area contributed by atoms with Crippen LogP contribution >= 0.6 is 11.6 Å². The molecule has 1 saturated heterocycles. The number of ether oxygens (including phenoxy) is 2. The molecule has 1 aromatic carbocycles. The van der Waals surface area contributed by atoms with Gasteiger partial charge < -0.3 is 29.9 Å². The zero-order valence-corrected chi connectivity index (χ0v) is 11.3. The van der Waals surface area contributed by atoms with Gasteiger partial charge in [0, 0.05) is 5.56 Å². The summed E-state index contributed by atoms with van der Waals surface area (Å²) in [5.41, 5.74) is 0.460. The number of rotatable bonds is 4. The minimum absolute atomic E-state index is 0.460. The second-order valence-corrected chi connectivity index (χ2v) is 5.06. The van der Waals surface area contributed by atoms with Crippen molar-refractivity contribution in [1.29, 1.82) is 0 Å². The van der Waals surface area contributed by atoms with Crippen LogP contribution in [0.3, 0.4) is 0 Å². The summed E-state index contributed by atoms with van der Waals surface area (Å²) < 4.78 is 10.8. The van der Waals surface area contributed by atoms with Crippen molar-refractivity contribution >= 4 is 11.6 Å². The van der Waals surface area contributed by atoms with Crippen LogP contribution in [0.15, 0.2) is 30.3 Å². The average Bonchev–Trinajstić information content (AvgIpc) is 2.49. The molecule has 5 atom stereocenters.